The molecule has 2 heterocycles. The molecular formula is C13H14N2O3S. The summed E-state index contributed by atoms with van der Waals surface area (Å²) in [5.41, 5.74) is 0. The predicted octanol–water partition coefficient (Wildman–Crippen LogP) is 0.100. The average Bonchev–Trinajstić information content (AvgIpc) is 3.02. The summed E-state index contributed by atoms with van der Waals surface area (Å²) < 4.78 is 0. The monoisotopic (exact) mass is 278 g/mol. The van der Waals surface area contributed by atoms with Crippen molar-refractivity contribution in [1.82, 2.24) is 10.6 Å². The molecule has 1 saturated heterocycles. The summed E-state index contributed by atoms with van der Waals surface area (Å²) in [6.45, 7) is 0.251. The van der Waals surface area contributed by atoms with Gasteiger partial charge in [-0.15, -0.1) is 11.3 Å². The van der Waals surface area contributed by atoms with Crippen molar-refractivity contribution < 1.29 is 14.7 Å². The third-order valence-corrected chi connectivity index (χ3v) is 3.71. The lowest BCUT2D eigenvalue weighted by atomic mass is 10.2. The van der Waals surface area contributed by atoms with Crippen LogP contribution >= 0.6 is 11.3 Å². The summed E-state index contributed by atoms with van der Waals surface area (Å²) in [5, 5.41) is 14.2. The van der Waals surface area contributed by atoms with Gasteiger partial charge >= 0.3 is 0 Å². The van der Waals surface area contributed by atoms with E-state index in [2.05, 4.69) is 22.5 Å². The van der Waals surface area contributed by atoms with Gasteiger partial charge in [0.25, 0.3) is 5.91 Å². The lowest BCUT2D eigenvalue weighted by Gasteiger charge is -2.10. The maximum atomic E-state index is 11.9. The van der Waals surface area contributed by atoms with Crippen LogP contribution in [0, 0.1) is 11.8 Å². The fourth-order valence-corrected chi connectivity index (χ4v) is 2.58. The van der Waals surface area contributed by atoms with E-state index in [0.717, 1.165) is 11.3 Å². The van der Waals surface area contributed by atoms with E-state index in [1.54, 1.807) is 12.1 Å². The second-order valence-electron chi connectivity index (χ2n) is 4.14. The van der Waals surface area contributed by atoms with E-state index >= 15 is 0 Å². The van der Waals surface area contributed by atoms with Gasteiger partial charge in [-0.2, -0.15) is 0 Å². The Kier molecular flexibility index (Phi) is 4.55. The number of hydrogen-bond donors (Lipinski definition) is 3. The molecule has 3 N–H and O–H groups in total. The lowest BCUT2D eigenvalue weighted by molar-refractivity contribution is -0.119. The number of amides is 2. The number of hydrogen-bond acceptors (Lipinski definition) is 4. The van der Waals surface area contributed by atoms with Gasteiger partial charge in [0.2, 0.25) is 5.91 Å². The second-order valence-corrected chi connectivity index (χ2v) is 5.22. The van der Waals surface area contributed by atoms with E-state index in [4.69, 9.17) is 5.11 Å². The molecule has 1 unspecified atom stereocenters. The molecule has 100 valence electrons. The van der Waals surface area contributed by atoms with Crippen molar-refractivity contribution in [1.29, 1.82) is 0 Å². The second kappa shape index (κ2) is 6.36. The maximum Gasteiger partial charge on any atom is 0.261 e. The Bertz CT molecular complexity index is 542. The minimum Gasteiger partial charge on any atom is -0.384 e. The summed E-state index contributed by atoms with van der Waals surface area (Å²) in [4.78, 5) is 24.2. The van der Waals surface area contributed by atoms with Crippen molar-refractivity contribution in [3.05, 3.63) is 21.9 Å². The molecule has 1 aliphatic heterocycles. The number of thiophene rings is 1. The molecule has 2 rings (SSSR count). The molecule has 5 nitrogen and oxygen atoms in total. The summed E-state index contributed by atoms with van der Waals surface area (Å²) in [6, 6.07) is 3.49. The first-order valence-electron chi connectivity index (χ1n) is 5.96. The van der Waals surface area contributed by atoms with Crippen LogP contribution < -0.4 is 10.6 Å². The SMILES string of the molecule is O=C1CCC(CNC(=O)c2ccc(C#CCO)s2)N1. The lowest BCUT2D eigenvalue weighted by Crippen LogP contribution is -2.38. The van der Waals surface area contributed by atoms with Gasteiger partial charge in [0.15, 0.2) is 0 Å². The normalized spacial score (nSPS) is 17.5. The first kappa shape index (κ1) is 13.6. The molecule has 0 radical (unpaired) electrons. The first-order chi connectivity index (χ1) is 9.19. The summed E-state index contributed by atoms with van der Waals surface area (Å²) in [6.07, 6.45) is 1.29. The van der Waals surface area contributed by atoms with Gasteiger partial charge in [-0.25, -0.2) is 0 Å². The summed E-state index contributed by atoms with van der Waals surface area (Å²) >= 11 is 1.28. The average molecular weight is 278 g/mol. The highest BCUT2D eigenvalue weighted by Crippen LogP contribution is 2.15. The Morgan fingerprint density at radius 3 is 3.11 bits per heavy atom. The number of carbonyl (C=O) groups excluding carboxylic acids is 2. The van der Waals surface area contributed by atoms with Crippen LogP contribution in [-0.2, 0) is 4.79 Å². The molecule has 2 amide bonds. The number of carbonyl (C=O) groups is 2. The Morgan fingerprint density at radius 2 is 2.42 bits per heavy atom. The van der Waals surface area contributed by atoms with E-state index in [1.165, 1.54) is 11.3 Å². The van der Waals surface area contributed by atoms with E-state index in [9.17, 15) is 9.59 Å². The van der Waals surface area contributed by atoms with Crippen LogP contribution in [0.25, 0.3) is 0 Å². The number of nitrogens with one attached hydrogen (secondary N) is 2. The smallest absolute Gasteiger partial charge is 0.261 e. The number of aliphatic hydroxyl groups excluding tert-OH is 1. The molecule has 0 aromatic carbocycles. The van der Waals surface area contributed by atoms with E-state index < -0.39 is 0 Å². The zero-order valence-corrected chi connectivity index (χ0v) is 11.0. The summed E-state index contributed by atoms with van der Waals surface area (Å²) in [7, 11) is 0. The minimum atomic E-state index is -0.194. The number of aliphatic hydroxyl groups is 1. The molecule has 1 fully saturated rings. The molecule has 0 aliphatic carbocycles. The third-order valence-electron chi connectivity index (χ3n) is 2.71. The van der Waals surface area contributed by atoms with Gasteiger partial charge in [0, 0.05) is 19.0 Å². The Morgan fingerprint density at radius 1 is 1.58 bits per heavy atom. The molecule has 1 atom stereocenters. The van der Waals surface area contributed by atoms with Crippen LogP contribution in [0.5, 0.6) is 0 Å². The standard InChI is InChI=1S/C13H14N2O3S/c16-7-1-2-10-4-5-11(19-10)13(18)14-8-9-3-6-12(17)15-9/h4-5,9,16H,3,6-8H2,(H,14,18)(H,15,17). The minimum absolute atomic E-state index is 0.0325. The molecule has 0 spiro atoms. The van der Waals surface area contributed by atoms with Gasteiger partial charge in [0.1, 0.15) is 6.61 Å². The van der Waals surface area contributed by atoms with Crippen LogP contribution in [0.4, 0.5) is 0 Å². The van der Waals surface area contributed by atoms with Gasteiger partial charge in [-0.1, -0.05) is 11.8 Å². The highest BCUT2D eigenvalue weighted by molar-refractivity contribution is 7.14. The molecule has 1 aliphatic rings. The van der Waals surface area contributed by atoms with Crippen LogP contribution in [0.2, 0.25) is 0 Å². The molecule has 1 aromatic heterocycles. The molecule has 6 heteroatoms. The van der Waals surface area contributed by atoms with E-state index in [-0.39, 0.29) is 24.5 Å². The van der Waals surface area contributed by atoms with Crippen molar-refractivity contribution in [2.45, 2.75) is 18.9 Å². The van der Waals surface area contributed by atoms with Crippen molar-refractivity contribution in [2.75, 3.05) is 13.2 Å². The van der Waals surface area contributed by atoms with Gasteiger partial charge < -0.3 is 15.7 Å². The van der Waals surface area contributed by atoms with Crippen LogP contribution in [0.15, 0.2) is 12.1 Å². The number of rotatable bonds is 3. The van der Waals surface area contributed by atoms with E-state index in [0.29, 0.717) is 17.8 Å². The van der Waals surface area contributed by atoms with Crippen LogP contribution in [0.3, 0.4) is 0 Å². The Labute approximate surface area is 115 Å². The molecule has 0 bridgehead atoms. The van der Waals surface area contributed by atoms with E-state index in [1.807, 2.05) is 0 Å². The highest BCUT2D eigenvalue weighted by atomic mass is 32.1. The maximum absolute atomic E-state index is 11.9. The van der Waals surface area contributed by atoms with Crippen LogP contribution in [0.1, 0.15) is 27.4 Å². The molecule has 0 saturated carbocycles. The van der Waals surface area contributed by atoms with Crippen molar-refractivity contribution in [3.63, 3.8) is 0 Å². The predicted molar refractivity (Wildman–Crippen MR) is 71.8 cm³/mol. The van der Waals surface area contributed by atoms with Gasteiger partial charge in [-0.05, 0) is 18.6 Å². The zero-order valence-electron chi connectivity index (χ0n) is 10.2. The quantitative estimate of drug-likeness (QED) is 0.686. The van der Waals surface area contributed by atoms with Crippen LogP contribution in [-0.4, -0.2) is 36.1 Å². The van der Waals surface area contributed by atoms with Crippen molar-refractivity contribution in [2.24, 2.45) is 0 Å². The van der Waals surface area contributed by atoms with Crippen molar-refractivity contribution in [3.8, 4) is 11.8 Å². The summed E-state index contributed by atoms with van der Waals surface area (Å²) in [5.74, 6) is 5.16. The Balaban J connectivity index is 1.86. The molecular weight excluding hydrogens is 264 g/mol. The fourth-order valence-electron chi connectivity index (χ4n) is 1.79. The zero-order chi connectivity index (χ0) is 13.7. The molecule has 1 aromatic rings. The largest absolute Gasteiger partial charge is 0.384 e. The van der Waals surface area contributed by atoms with Crippen molar-refractivity contribution >= 4 is 23.2 Å². The van der Waals surface area contributed by atoms with Gasteiger partial charge in [-0.3, -0.25) is 9.59 Å². The first-order valence-corrected chi connectivity index (χ1v) is 6.78. The fraction of sp³-hybridized carbons (Fsp3) is 0.385. The topological polar surface area (TPSA) is 78.4 Å². The van der Waals surface area contributed by atoms with Gasteiger partial charge in [0.05, 0.1) is 9.75 Å². The Hall–Kier alpha value is -1.84. The third kappa shape index (κ3) is 3.81. The molecule has 19 heavy (non-hydrogen) atoms. The highest BCUT2D eigenvalue weighted by Gasteiger charge is 2.21.